The number of piperazine rings is 1. The van der Waals surface area contributed by atoms with Crippen molar-refractivity contribution in [2.24, 2.45) is 0 Å². The van der Waals surface area contributed by atoms with E-state index in [0.717, 1.165) is 36.4 Å². The van der Waals surface area contributed by atoms with Crippen molar-refractivity contribution in [3.05, 3.63) is 59.2 Å². The number of aromatic amines is 1. The molecule has 0 spiro atoms. The summed E-state index contributed by atoms with van der Waals surface area (Å²) < 4.78 is 15.1. The van der Waals surface area contributed by atoms with Crippen molar-refractivity contribution in [3.63, 3.8) is 0 Å². The van der Waals surface area contributed by atoms with E-state index < -0.39 is 17.8 Å². The van der Waals surface area contributed by atoms with Gasteiger partial charge in [-0.3, -0.25) is 24.6 Å². The van der Waals surface area contributed by atoms with Crippen LogP contribution in [0.25, 0.3) is 11.0 Å². The maximum atomic E-state index is 15.1. The third-order valence-corrected chi connectivity index (χ3v) is 7.16. The zero-order valence-corrected chi connectivity index (χ0v) is 19.1. The largest absolute Gasteiger partial charge is 0.367 e. The second kappa shape index (κ2) is 8.46. The molecule has 1 unspecified atom stereocenters. The lowest BCUT2D eigenvalue weighted by Crippen LogP contribution is -2.52. The van der Waals surface area contributed by atoms with Gasteiger partial charge in [-0.05, 0) is 42.3 Å². The minimum atomic E-state index is -0.707. The number of hydrogen-bond donors (Lipinski definition) is 2. The summed E-state index contributed by atoms with van der Waals surface area (Å²) in [6, 6.07) is 8.42. The minimum absolute atomic E-state index is 0.189. The first-order valence-corrected chi connectivity index (χ1v) is 11.8. The van der Waals surface area contributed by atoms with Crippen molar-refractivity contribution in [1.82, 2.24) is 25.1 Å². The van der Waals surface area contributed by atoms with Gasteiger partial charge in [-0.15, -0.1) is 0 Å². The molecule has 5 heterocycles. The predicted octanol–water partition coefficient (Wildman–Crippen LogP) is 1.79. The average molecular weight is 477 g/mol. The maximum Gasteiger partial charge on any atom is 0.255 e. The van der Waals surface area contributed by atoms with Crippen LogP contribution in [-0.2, 0) is 22.7 Å². The van der Waals surface area contributed by atoms with Gasteiger partial charge in [-0.1, -0.05) is 0 Å². The van der Waals surface area contributed by atoms with Crippen molar-refractivity contribution in [2.45, 2.75) is 32.0 Å². The molecule has 0 radical (unpaired) electrons. The van der Waals surface area contributed by atoms with Crippen LogP contribution in [0, 0.1) is 5.82 Å². The number of fused-ring (bicyclic) bond motifs is 2. The number of nitrogens with zero attached hydrogens (tertiary/aromatic N) is 4. The van der Waals surface area contributed by atoms with Gasteiger partial charge in [0.1, 0.15) is 17.5 Å². The summed E-state index contributed by atoms with van der Waals surface area (Å²) >= 11 is 0. The molecule has 2 fully saturated rings. The summed E-state index contributed by atoms with van der Waals surface area (Å²) in [5.41, 5.74) is 3.35. The van der Waals surface area contributed by atoms with E-state index in [9.17, 15) is 14.4 Å². The molecule has 1 aromatic carbocycles. The number of halogens is 1. The highest BCUT2D eigenvalue weighted by Crippen LogP contribution is 2.33. The highest BCUT2D eigenvalue weighted by Gasteiger charge is 2.40. The number of amides is 3. The van der Waals surface area contributed by atoms with E-state index in [-0.39, 0.29) is 31.2 Å². The fraction of sp³-hybridized carbons (Fsp3) is 0.360. The molecule has 6 rings (SSSR count). The van der Waals surface area contributed by atoms with Crippen LogP contribution in [0.2, 0.25) is 0 Å². The Bertz CT molecular complexity index is 1350. The van der Waals surface area contributed by atoms with Crippen molar-refractivity contribution >= 4 is 34.4 Å². The Labute approximate surface area is 200 Å². The lowest BCUT2D eigenvalue weighted by molar-refractivity contribution is -0.136. The van der Waals surface area contributed by atoms with Gasteiger partial charge in [-0.25, -0.2) is 9.37 Å². The van der Waals surface area contributed by atoms with E-state index in [2.05, 4.69) is 26.3 Å². The van der Waals surface area contributed by atoms with Gasteiger partial charge < -0.3 is 14.8 Å². The smallest absolute Gasteiger partial charge is 0.255 e. The number of anilines is 1. The molecule has 0 bridgehead atoms. The van der Waals surface area contributed by atoms with Crippen molar-refractivity contribution < 1.29 is 18.8 Å². The highest BCUT2D eigenvalue weighted by molar-refractivity contribution is 6.05. The number of pyridine rings is 1. The number of rotatable bonds is 4. The van der Waals surface area contributed by atoms with Crippen LogP contribution in [0.3, 0.4) is 0 Å². The summed E-state index contributed by atoms with van der Waals surface area (Å²) in [5.74, 6) is -1.60. The third-order valence-electron chi connectivity index (χ3n) is 7.16. The number of carbonyl (C=O) groups excluding carboxylic acids is 3. The van der Waals surface area contributed by atoms with Gasteiger partial charge in [-0.2, -0.15) is 0 Å². The molecule has 0 saturated carbocycles. The average Bonchev–Trinajstić information content (AvgIpc) is 3.43. The third kappa shape index (κ3) is 3.93. The quantitative estimate of drug-likeness (QED) is 0.557. The number of piperidine rings is 1. The molecule has 180 valence electrons. The van der Waals surface area contributed by atoms with Crippen LogP contribution in [0.4, 0.5) is 10.1 Å². The van der Waals surface area contributed by atoms with Gasteiger partial charge in [0.2, 0.25) is 11.8 Å². The van der Waals surface area contributed by atoms with E-state index in [1.165, 1.54) is 11.0 Å². The van der Waals surface area contributed by atoms with Gasteiger partial charge in [0.25, 0.3) is 5.91 Å². The van der Waals surface area contributed by atoms with Gasteiger partial charge in [0, 0.05) is 62.8 Å². The van der Waals surface area contributed by atoms with Crippen LogP contribution < -0.4 is 10.2 Å². The Balaban J connectivity index is 1.13. The molecular formula is C25H25FN6O3. The number of imide groups is 1. The normalized spacial score (nSPS) is 21.1. The van der Waals surface area contributed by atoms with Crippen LogP contribution in [0.15, 0.2) is 36.5 Å². The molecule has 10 heteroatoms. The van der Waals surface area contributed by atoms with Crippen LogP contribution >= 0.6 is 0 Å². The first kappa shape index (κ1) is 21.7. The monoisotopic (exact) mass is 476 g/mol. The minimum Gasteiger partial charge on any atom is -0.367 e. The second-order valence-corrected chi connectivity index (χ2v) is 9.34. The Morgan fingerprint density at radius 2 is 1.89 bits per heavy atom. The first-order chi connectivity index (χ1) is 17.0. The fourth-order valence-electron chi connectivity index (χ4n) is 5.25. The molecule has 1 atom stereocenters. The molecule has 2 N–H and O–H groups in total. The molecule has 2 saturated heterocycles. The molecule has 2 aromatic heterocycles. The lowest BCUT2D eigenvalue weighted by Gasteiger charge is -2.36. The van der Waals surface area contributed by atoms with E-state index >= 15 is 4.39 Å². The molecule has 35 heavy (non-hydrogen) atoms. The highest BCUT2D eigenvalue weighted by atomic mass is 19.1. The van der Waals surface area contributed by atoms with E-state index in [4.69, 9.17) is 0 Å². The van der Waals surface area contributed by atoms with Crippen molar-refractivity contribution in [3.8, 4) is 0 Å². The first-order valence-electron chi connectivity index (χ1n) is 11.8. The summed E-state index contributed by atoms with van der Waals surface area (Å²) in [6.45, 7) is 3.81. The van der Waals surface area contributed by atoms with E-state index in [0.29, 0.717) is 29.9 Å². The summed E-state index contributed by atoms with van der Waals surface area (Å²) in [7, 11) is 0. The summed E-state index contributed by atoms with van der Waals surface area (Å²) in [6.07, 6.45) is 2.35. The van der Waals surface area contributed by atoms with Crippen molar-refractivity contribution in [2.75, 3.05) is 31.1 Å². The Morgan fingerprint density at radius 1 is 1.06 bits per heavy atom. The van der Waals surface area contributed by atoms with Crippen LogP contribution in [0.5, 0.6) is 0 Å². The van der Waals surface area contributed by atoms with Gasteiger partial charge in [0.05, 0.1) is 11.4 Å². The van der Waals surface area contributed by atoms with Crippen molar-refractivity contribution in [1.29, 1.82) is 0 Å². The number of carbonyl (C=O) groups is 3. The fourth-order valence-corrected chi connectivity index (χ4v) is 5.25. The molecular weight excluding hydrogens is 451 g/mol. The number of nitrogens with one attached hydrogen (secondary N) is 2. The van der Waals surface area contributed by atoms with Crippen LogP contribution in [0.1, 0.15) is 34.5 Å². The zero-order chi connectivity index (χ0) is 24.1. The van der Waals surface area contributed by atoms with Crippen LogP contribution in [-0.4, -0.2) is 69.7 Å². The predicted molar refractivity (Wildman–Crippen MR) is 126 cm³/mol. The van der Waals surface area contributed by atoms with E-state index in [1.54, 1.807) is 6.07 Å². The summed E-state index contributed by atoms with van der Waals surface area (Å²) in [5, 5.41) is 3.38. The number of hydrogen-bond acceptors (Lipinski definition) is 6. The Morgan fingerprint density at radius 3 is 2.69 bits per heavy atom. The molecule has 3 amide bonds. The molecule has 3 aliphatic heterocycles. The number of benzene rings is 1. The Kier molecular flexibility index (Phi) is 5.25. The second-order valence-electron chi connectivity index (χ2n) is 9.34. The number of H-pyrrole nitrogens is 1. The standard InChI is InChI=1S/C25H25FN6O3/c26-19-12-18-16(13-32(25(18)35)20-3-4-22(33)29-24(20)34)11-21(19)31-9-7-30(8-10-31)14-17-2-1-15-5-6-27-23(15)28-17/h1-2,5-6,11-12,20H,3-4,7-10,13-14H2,(H,27,28)(H,29,33,34). The SMILES string of the molecule is O=C1CCC(N2Cc3cc(N4CCN(Cc5ccc6cc[nH]c6n5)CC4)c(F)cc3C2=O)C(=O)N1. The maximum absolute atomic E-state index is 15.1. The molecule has 3 aromatic rings. The van der Waals surface area contributed by atoms with E-state index in [1.807, 2.05) is 23.2 Å². The molecule has 9 nitrogen and oxygen atoms in total. The topological polar surface area (TPSA) is 102 Å². The lowest BCUT2D eigenvalue weighted by atomic mass is 10.0. The number of aromatic nitrogens is 2. The Hall–Kier alpha value is -3.79. The summed E-state index contributed by atoms with van der Waals surface area (Å²) in [4.78, 5) is 50.2. The van der Waals surface area contributed by atoms with Gasteiger partial charge in [0.15, 0.2) is 0 Å². The van der Waals surface area contributed by atoms with Gasteiger partial charge >= 0.3 is 0 Å². The molecule has 0 aliphatic carbocycles. The molecule has 3 aliphatic rings. The zero-order valence-electron chi connectivity index (χ0n) is 19.1.